The van der Waals surface area contributed by atoms with Gasteiger partial charge in [0.05, 0.1) is 0 Å². The highest BCUT2D eigenvalue weighted by Crippen LogP contribution is 1.47. The van der Waals surface area contributed by atoms with E-state index in [4.69, 9.17) is 0 Å². The maximum Gasteiger partial charge on any atom is -0.0140 e. The lowest BCUT2D eigenvalue weighted by Crippen LogP contribution is -1.99. The van der Waals surface area contributed by atoms with Crippen LogP contribution in [0, 0.1) is 0 Å². The van der Waals surface area contributed by atoms with E-state index in [1.807, 2.05) is 39.9 Å². The van der Waals surface area contributed by atoms with E-state index in [0.29, 0.717) is 0 Å². The second kappa shape index (κ2) is 16.3. The molecule has 0 aliphatic rings. The van der Waals surface area contributed by atoms with Crippen LogP contribution in [0.3, 0.4) is 0 Å². The summed E-state index contributed by atoms with van der Waals surface area (Å²) >= 11 is 0. The minimum atomic E-state index is 0. The molecule has 0 saturated heterocycles. The van der Waals surface area contributed by atoms with Gasteiger partial charge in [-0.2, -0.15) is 0 Å². The molecule has 0 spiro atoms. The van der Waals surface area contributed by atoms with Crippen LogP contribution < -0.4 is 0 Å². The molecule has 0 rings (SSSR count). The summed E-state index contributed by atoms with van der Waals surface area (Å²) in [6.45, 7) is 4.00. The van der Waals surface area contributed by atoms with Crippen LogP contribution in [-0.4, -0.2) is 26.0 Å². The fraction of sp³-hybridized carbons (Fsp3) is 1.00. The molecular formula is C5H16ClN. The summed E-state index contributed by atoms with van der Waals surface area (Å²) < 4.78 is 0. The van der Waals surface area contributed by atoms with E-state index < -0.39 is 0 Å². The number of rotatable bonds is 0. The van der Waals surface area contributed by atoms with Crippen molar-refractivity contribution in [2.24, 2.45) is 0 Å². The summed E-state index contributed by atoms with van der Waals surface area (Å²) in [6.07, 6.45) is 0. The average molecular weight is 126 g/mol. The predicted octanol–water partition coefficient (Wildman–Crippen LogP) is 1.63. The molecule has 0 fully saturated rings. The molecular weight excluding hydrogens is 110 g/mol. The van der Waals surface area contributed by atoms with Crippen LogP contribution in [0.5, 0.6) is 0 Å². The fourth-order valence-electron chi connectivity index (χ4n) is 0. The van der Waals surface area contributed by atoms with Crippen molar-refractivity contribution >= 4 is 12.4 Å². The lowest BCUT2D eigenvalue weighted by atomic mass is 11.0. The molecule has 0 aromatic heterocycles. The third-order valence-corrected chi connectivity index (χ3v) is 0. The molecule has 0 heterocycles. The molecule has 0 amide bonds. The van der Waals surface area contributed by atoms with E-state index >= 15 is 0 Å². The highest BCUT2D eigenvalue weighted by Gasteiger charge is 1.58. The van der Waals surface area contributed by atoms with Crippen LogP contribution in [0.2, 0.25) is 0 Å². The second-order valence-corrected chi connectivity index (χ2v) is 1.34. The summed E-state index contributed by atoms with van der Waals surface area (Å²) in [5.41, 5.74) is 0. The largest absolute Gasteiger partial charge is 0.312 e. The van der Waals surface area contributed by atoms with Crippen LogP contribution >= 0.6 is 12.4 Å². The molecule has 0 bridgehead atoms. The molecule has 1 nitrogen and oxygen atoms in total. The Kier molecular flexibility index (Phi) is 36.5. The highest BCUT2D eigenvalue weighted by molar-refractivity contribution is 5.85. The molecule has 0 unspecified atom stereocenters. The lowest BCUT2D eigenvalue weighted by molar-refractivity contribution is 0.505. The third kappa shape index (κ3) is 1810. The average Bonchev–Trinajstić information content (AvgIpc) is 1.41. The third-order valence-electron chi connectivity index (χ3n) is 0. The van der Waals surface area contributed by atoms with E-state index in [2.05, 4.69) is 0 Å². The van der Waals surface area contributed by atoms with Crippen molar-refractivity contribution in [1.82, 2.24) is 4.90 Å². The monoisotopic (exact) mass is 125 g/mol. The van der Waals surface area contributed by atoms with Crippen molar-refractivity contribution in [3.05, 3.63) is 0 Å². The van der Waals surface area contributed by atoms with Crippen molar-refractivity contribution in [3.63, 3.8) is 0 Å². The Morgan fingerprint density at radius 1 is 0.857 bits per heavy atom. The minimum absolute atomic E-state index is 0. The summed E-state index contributed by atoms with van der Waals surface area (Å²) in [6, 6.07) is 0. The van der Waals surface area contributed by atoms with Gasteiger partial charge in [0.15, 0.2) is 0 Å². The number of nitrogens with zero attached hydrogens (tertiary/aromatic N) is 1. The van der Waals surface area contributed by atoms with Crippen LogP contribution in [0.1, 0.15) is 13.8 Å². The molecule has 2 heteroatoms. The topological polar surface area (TPSA) is 3.24 Å². The molecule has 0 aromatic carbocycles. The Balaban J connectivity index is -0.0000000480. The fourth-order valence-corrected chi connectivity index (χ4v) is 0. The molecule has 0 N–H and O–H groups in total. The van der Waals surface area contributed by atoms with Gasteiger partial charge < -0.3 is 4.90 Å². The van der Waals surface area contributed by atoms with Gasteiger partial charge in [-0.05, 0) is 21.1 Å². The van der Waals surface area contributed by atoms with E-state index in [1.165, 1.54) is 0 Å². The molecule has 0 atom stereocenters. The van der Waals surface area contributed by atoms with Gasteiger partial charge in [0.25, 0.3) is 0 Å². The van der Waals surface area contributed by atoms with Crippen LogP contribution in [0.25, 0.3) is 0 Å². The normalized spacial score (nSPS) is 6.00. The van der Waals surface area contributed by atoms with Gasteiger partial charge in [0.1, 0.15) is 0 Å². The van der Waals surface area contributed by atoms with Gasteiger partial charge in [-0.1, -0.05) is 13.8 Å². The number of hydrogen-bond donors (Lipinski definition) is 0. The van der Waals surface area contributed by atoms with Crippen molar-refractivity contribution in [2.45, 2.75) is 13.8 Å². The predicted molar refractivity (Wildman–Crippen MR) is 38.2 cm³/mol. The van der Waals surface area contributed by atoms with Crippen molar-refractivity contribution in [1.29, 1.82) is 0 Å². The zero-order valence-corrected chi connectivity index (χ0v) is 6.67. The Hall–Kier alpha value is 0.250. The summed E-state index contributed by atoms with van der Waals surface area (Å²) in [4.78, 5) is 2.00. The molecule has 0 aliphatic heterocycles. The second-order valence-electron chi connectivity index (χ2n) is 1.34. The molecule has 0 saturated carbocycles. The van der Waals surface area contributed by atoms with Crippen LogP contribution in [0.15, 0.2) is 0 Å². The number of halogens is 1. The molecule has 48 valence electrons. The molecule has 0 radical (unpaired) electrons. The summed E-state index contributed by atoms with van der Waals surface area (Å²) in [5, 5.41) is 0. The standard InChI is InChI=1S/C3H9N.C2H6.ClH/c1-4(2)3;1-2;/h1-3H3;1-2H3;1H. The summed E-state index contributed by atoms with van der Waals surface area (Å²) in [5.74, 6) is 0. The van der Waals surface area contributed by atoms with E-state index in [0.717, 1.165) is 0 Å². The van der Waals surface area contributed by atoms with Crippen molar-refractivity contribution in [3.8, 4) is 0 Å². The highest BCUT2D eigenvalue weighted by atomic mass is 35.5. The van der Waals surface area contributed by atoms with Gasteiger partial charge in [0.2, 0.25) is 0 Å². The smallest absolute Gasteiger partial charge is 0.0140 e. The van der Waals surface area contributed by atoms with Crippen molar-refractivity contribution in [2.75, 3.05) is 21.1 Å². The number of hydrogen-bond acceptors (Lipinski definition) is 1. The first-order valence-corrected chi connectivity index (χ1v) is 2.34. The summed E-state index contributed by atoms with van der Waals surface area (Å²) in [7, 11) is 6.00. The Labute approximate surface area is 53.1 Å². The van der Waals surface area contributed by atoms with Gasteiger partial charge >= 0.3 is 0 Å². The van der Waals surface area contributed by atoms with Crippen molar-refractivity contribution < 1.29 is 0 Å². The first-order chi connectivity index (χ1) is 2.73. The Bertz CT molecular complexity index is 12.8. The SMILES string of the molecule is CC.CN(C)C.Cl. The molecule has 7 heavy (non-hydrogen) atoms. The van der Waals surface area contributed by atoms with Crippen LogP contribution in [0.4, 0.5) is 0 Å². The minimum Gasteiger partial charge on any atom is -0.312 e. The maximum absolute atomic E-state index is 2.00. The van der Waals surface area contributed by atoms with E-state index in [-0.39, 0.29) is 12.4 Å². The van der Waals surface area contributed by atoms with E-state index in [1.54, 1.807) is 0 Å². The maximum atomic E-state index is 2.00. The molecule has 0 aromatic rings. The zero-order chi connectivity index (χ0) is 5.58. The first kappa shape index (κ1) is 15.7. The Morgan fingerprint density at radius 2 is 0.857 bits per heavy atom. The van der Waals surface area contributed by atoms with Gasteiger partial charge in [-0.25, -0.2) is 0 Å². The van der Waals surface area contributed by atoms with Gasteiger partial charge in [-0.15, -0.1) is 12.4 Å². The Morgan fingerprint density at radius 3 is 0.857 bits per heavy atom. The van der Waals surface area contributed by atoms with Crippen LogP contribution in [-0.2, 0) is 0 Å². The quantitative estimate of drug-likeness (QED) is 0.476. The zero-order valence-electron chi connectivity index (χ0n) is 5.86. The van der Waals surface area contributed by atoms with E-state index in [9.17, 15) is 0 Å². The molecule has 0 aliphatic carbocycles. The van der Waals surface area contributed by atoms with Gasteiger partial charge in [0, 0.05) is 0 Å². The van der Waals surface area contributed by atoms with Gasteiger partial charge in [-0.3, -0.25) is 0 Å². The first-order valence-electron chi connectivity index (χ1n) is 2.34. The lowest BCUT2D eigenvalue weighted by Gasteiger charge is -1.90.